The molecular weight excluding hydrogens is 246 g/mol. The highest BCUT2D eigenvalue weighted by atomic mass is 16.3. The third kappa shape index (κ3) is 3.67. The Morgan fingerprint density at radius 1 is 1.32 bits per heavy atom. The van der Waals surface area contributed by atoms with Crippen LogP contribution < -0.4 is 5.32 Å². The number of carbonyl (C=O) groups excluding carboxylic acids is 2. The molecule has 2 unspecified atom stereocenters. The molecule has 4 atom stereocenters. The molecule has 1 aliphatic rings. The number of likely N-dealkylation sites (N-methyl/N-ethyl adjacent to an activating group) is 2. The Labute approximate surface area is 114 Å². The van der Waals surface area contributed by atoms with Crippen molar-refractivity contribution in [1.29, 1.82) is 0 Å². The number of nitrogens with zero attached hydrogens (tertiary/aromatic N) is 2. The van der Waals surface area contributed by atoms with Crippen LogP contribution in [0.25, 0.3) is 0 Å². The molecule has 0 saturated carbocycles. The van der Waals surface area contributed by atoms with Crippen LogP contribution in [0, 0.1) is 11.8 Å². The van der Waals surface area contributed by atoms with Crippen molar-refractivity contribution in [1.82, 2.24) is 15.1 Å². The Bertz CT molecular complexity index is 344. The predicted molar refractivity (Wildman–Crippen MR) is 72.5 cm³/mol. The van der Waals surface area contributed by atoms with Crippen molar-refractivity contribution in [3.05, 3.63) is 0 Å². The Kier molecular flexibility index (Phi) is 5.31. The predicted octanol–water partition coefficient (Wildman–Crippen LogP) is -0.862. The maximum absolute atomic E-state index is 12.2. The topological polar surface area (TPSA) is 72.9 Å². The lowest BCUT2D eigenvalue weighted by molar-refractivity contribution is -0.148. The second-order valence-corrected chi connectivity index (χ2v) is 5.65. The van der Waals surface area contributed by atoms with Gasteiger partial charge in [0.25, 0.3) is 0 Å². The first-order valence-corrected chi connectivity index (χ1v) is 6.63. The summed E-state index contributed by atoms with van der Waals surface area (Å²) in [5, 5.41) is 12.3. The van der Waals surface area contributed by atoms with Crippen molar-refractivity contribution >= 4 is 11.8 Å². The number of aliphatic hydroxyl groups excluding tert-OH is 1. The molecule has 1 aliphatic heterocycles. The van der Waals surface area contributed by atoms with Gasteiger partial charge in [0.2, 0.25) is 11.8 Å². The summed E-state index contributed by atoms with van der Waals surface area (Å²) in [6.45, 7) is 4.83. The maximum atomic E-state index is 12.2. The summed E-state index contributed by atoms with van der Waals surface area (Å²) in [5.74, 6) is -0.959. The second-order valence-electron chi connectivity index (χ2n) is 5.65. The third-order valence-electron chi connectivity index (χ3n) is 3.71. The first kappa shape index (κ1) is 15.9. The van der Waals surface area contributed by atoms with Crippen molar-refractivity contribution < 1.29 is 14.7 Å². The van der Waals surface area contributed by atoms with E-state index in [-0.39, 0.29) is 23.8 Å². The van der Waals surface area contributed by atoms with Gasteiger partial charge in [-0.15, -0.1) is 0 Å². The summed E-state index contributed by atoms with van der Waals surface area (Å²) < 4.78 is 0. The smallest absolute Gasteiger partial charge is 0.228 e. The lowest BCUT2D eigenvalue weighted by atomic mass is 9.78. The van der Waals surface area contributed by atoms with Gasteiger partial charge in [-0.05, 0) is 21.0 Å². The minimum Gasteiger partial charge on any atom is -0.393 e. The van der Waals surface area contributed by atoms with Crippen molar-refractivity contribution in [3.8, 4) is 0 Å². The van der Waals surface area contributed by atoms with Gasteiger partial charge in [-0.2, -0.15) is 0 Å². The van der Waals surface area contributed by atoms with Gasteiger partial charge in [0, 0.05) is 20.1 Å². The van der Waals surface area contributed by atoms with Crippen LogP contribution in [0.3, 0.4) is 0 Å². The summed E-state index contributed by atoms with van der Waals surface area (Å²) in [6, 6.07) is -0.262. The first-order chi connectivity index (χ1) is 8.75. The van der Waals surface area contributed by atoms with E-state index in [2.05, 4.69) is 5.32 Å². The van der Waals surface area contributed by atoms with Crippen molar-refractivity contribution in [2.75, 3.05) is 34.2 Å². The highest BCUT2D eigenvalue weighted by Crippen LogP contribution is 2.26. The van der Waals surface area contributed by atoms with E-state index in [1.54, 1.807) is 25.8 Å². The fraction of sp³-hybridized carbons (Fsp3) is 0.846. The van der Waals surface area contributed by atoms with E-state index in [1.807, 2.05) is 19.0 Å². The normalized spacial score (nSPS) is 25.5. The van der Waals surface area contributed by atoms with Gasteiger partial charge in [0.05, 0.1) is 24.0 Å². The van der Waals surface area contributed by atoms with Gasteiger partial charge in [0.1, 0.15) is 0 Å². The van der Waals surface area contributed by atoms with Crippen molar-refractivity contribution in [3.63, 3.8) is 0 Å². The number of β-lactam (4-membered cyclic amide) rings is 1. The molecule has 0 aliphatic carbocycles. The zero-order valence-corrected chi connectivity index (χ0v) is 12.4. The summed E-state index contributed by atoms with van der Waals surface area (Å²) in [7, 11) is 5.68. The Morgan fingerprint density at radius 3 is 2.32 bits per heavy atom. The van der Waals surface area contributed by atoms with E-state index in [4.69, 9.17) is 0 Å². The largest absolute Gasteiger partial charge is 0.393 e. The zero-order chi connectivity index (χ0) is 14.7. The molecule has 0 aromatic rings. The van der Waals surface area contributed by atoms with E-state index < -0.39 is 12.0 Å². The standard InChI is InChI=1S/C13H25N3O3/c1-8(11-10(9(2)17)12(18)14-11)13(19)16(5)7-6-15(3)4/h8-11,17H,6-7H2,1-5H3,(H,14,18)/t8?,9?,10-,11-/m1/s1. The van der Waals surface area contributed by atoms with Gasteiger partial charge in [-0.25, -0.2) is 0 Å². The molecule has 6 heteroatoms. The summed E-state index contributed by atoms with van der Waals surface area (Å²) in [4.78, 5) is 27.3. The number of hydrogen-bond donors (Lipinski definition) is 2. The van der Waals surface area contributed by atoms with E-state index >= 15 is 0 Å². The van der Waals surface area contributed by atoms with Crippen molar-refractivity contribution in [2.45, 2.75) is 26.0 Å². The van der Waals surface area contributed by atoms with Crippen LogP contribution in [-0.2, 0) is 9.59 Å². The molecule has 19 heavy (non-hydrogen) atoms. The summed E-state index contributed by atoms with van der Waals surface area (Å²) >= 11 is 0. The molecular formula is C13H25N3O3. The van der Waals surface area contributed by atoms with Gasteiger partial charge in [-0.1, -0.05) is 6.92 Å². The molecule has 0 bridgehead atoms. The highest BCUT2D eigenvalue weighted by molar-refractivity contribution is 5.90. The van der Waals surface area contributed by atoms with Crippen LogP contribution in [0.1, 0.15) is 13.8 Å². The number of rotatable bonds is 6. The molecule has 1 rings (SSSR count). The van der Waals surface area contributed by atoms with Crippen LogP contribution in [0.5, 0.6) is 0 Å². The zero-order valence-electron chi connectivity index (χ0n) is 12.4. The second kappa shape index (κ2) is 6.34. The molecule has 0 spiro atoms. The van der Waals surface area contributed by atoms with Crippen LogP contribution >= 0.6 is 0 Å². The first-order valence-electron chi connectivity index (χ1n) is 6.63. The van der Waals surface area contributed by atoms with E-state index in [9.17, 15) is 14.7 Å². The Hall–Kier alpha value is -1.14. The van der Waals surface area contributed by atoms with Crippen LogP contribution in [0.2, 0.25) is 0 Å². The Morgan fingerprint density at radius 2 is 1.89 bits per heavy atom. The average molecular weight is 271 g/mol. The molecule has 2 N–H and O–H groups in total. The quantitative estimate of drug-likeness (QED) is 0.617. The lowest BCUT2D eigenvalue weighted by Gasteiger charge is -2.42. The molecule has 1 heterocycles. The van der Waals surface area contributed by atoms with Gasteiger partial charge >= 0.3 is 0 Å². The molecule has 6 nitrogen and oxygen atoms in total. The molecule has 1 saturated heterocycles. The van der Waals surface area contributed by atoms with E-state index in [1.165, 1.54) is 0 Å². The van der Waals surface area contributed by atoms with Gasteiger partial charge < -0.3 is 20.2 Å². The molecule has 2 amide bonds. The number of nitrogens with one attached hydrogen (secondary N) is 1. The fourth-order valence-electron chi connectivity index (χ4n) is 2.33. The number of aliphatic hydroxyl groups is 1. The highest BCUT2D eigenvalue weighted by Gasteiger charge is 2.47. The summed E-state index contributed by atoms with van der Waals surface area (Å²) in [6.07, 6.45) is -0.721. The molecule has 0 radical (unpaired) electrons. The fourth-order valence-corrected chi connectivity index (χ4v) is 2.33. The Balaban J connectivity index is 2.55. The van der Waals surface area contributed by atoms with E-state index in [0.29, 0.717) is 6.54 Å². The minimum absolute atomic E-state index is 0.00231. The lowest BCUT2D eigenvalue weighted by Crippen LogP contribution is -2.66. The van der Waals surface area contributed by atoms with Crippen LogP contribution in [-0.4, -0.2) is 73.1 Å². The molecule has 110 valence electrons. The number of amides is 2. The maximum Gasteiger partial charge on any atom is 0.228 e. The van der Waals surface area contributed by atoms with Crippen molar-refractivity contribution in [2.24, 2.45) is 11.8 Å². The monoisotopic (exact) mass is 271 g/mol. The van der Waals surface area contributed by atoms with E-state index in [0.717, 1.165) is 6.54 Å². The SMILES string of the molecule is CC(C(=O)N(C)CCN(C)C)[C@H]1NC(=O)[C@@H]1C(C)O. The number of carbonyl (C=O) groups is 2. The minimum atomic E-state index is -0.721. The van der Waals surface area contributed by atoms with Crippen LogP contribution in [0.15, 0.2) is 0 Å². The third-order valence-corrected chi connectivity index (χ3v) is 3.71. The molecule has 0 aromatic carbocycles. The van der Waals surface area contributed by atoms with Crippen LogP contribution in [0.4, 0.5) is 0 Å². The summed E-state index contributed by atoms with van der Waals surface area (Å²) in [5.41, 5.74) is 0. The van der Waals surface area contributed by atoms with Gasteiger partial charge in [-0.3, -0.25) is 9.59 Å². The van der Waals surface area contributed by atoms with Gasteiger partial charge in [0.15, 0.2) is 0 Å². The average Bonchev–Trinajstić information content (AvgIpc) is 2.29. The molecule has 0 aromatic heterocycles. The number of hydrogen-bond acceptors (Lipinski definition) is 4. The molecule has 1 fully saturated rings.